The second-order valence-corrected chi connectivity index (χ2v) is 10.5. The van der Waals surface area contributed by atoms with E-state index in [-0.39, 0.29) is 18.9 Å². The zero-order valence-electron chi connectivity index (χ0n) is 18.4. The van der Waals surface area contributed by atoms with Gasteiger partial charge in [-0.2, -0.15) is 0 Å². The summed E-state index contributed by atoms with van der Waals surface area (Å²) >= 11 is 2.04. The Balaban J connectivity index is 1.89. The van der Waals surface area contributed by atoms with Crippen LogP contribution in [0.2, 0.25) is 0 Å². The predicted molar refractivity (Wildman–Crippen MR) is 126 cm³/mol. The number of aromatic nitrogens is 1. The molecular formula is C23H28F2IN3O3. The Morgan fingerprint density at radius 2 is 2.06 bits per heavy atom. The van der Waals surface area contributed by atoms with Crippen molar-refractivity contribution in [2.24, 2.45) is 5.92 Å². The molecule has 2 heterocycles. The number of amides is 2. The number of rotatable bonds is 5. The lowest BCUT2D eigenvalue weighted by atomic mass is 9.81. The van der Waals surface area contributed by atoms with Crippen molar-refractivity contribution in [2.45, 2.75) is 61.6 Å². The molecule has 1 fully saturated rings. The van der Waals surface area contributed by atoms with Gasteiger partial charge < -0.3 is 15.0 Å². The second kappa shape index (κ2) is 10.3. The third-order valence-electron chi connectivity index (χ3n) is 5.43. The number of allylic oxidation sites excluding steroid dienone is 3. The van der Waals surface area contributed by atoms with Gasteiger partial charge in [0.05, 0.1) is 16.0 Å². The van der Waals surface area contributed by atoms with Crippen LogP contribution in [0, 0.1) is 5.92 Å². The van der Waals surface area contributed by atoms with Crippen molar-refractivity contribution in [1.29, 1.82) is 0 Å². The number of likely N-dealkylation sites (tertiary alicyclic amines) is 1. The van der Waals surface area contributed by atoms with Crippen molar-refractivity contribution in [2.75, 3.05) is 6.54 Å². The van der Waals surface area contributed by atoms with Crippen molar-refractivity contribution in [3.63, 3.8) is 0 Å². The molecule has 0 spiro atoms. The summed E-state index contributed by atoms with van der Waals surface area (Å²) < 4.78 is 34.0. The molecule has 0 radical (unpaired) electrons. The van der Waals surface area contributed by atoms with E-state index in [9.17, 15) is 18.4 Å². The lowest BCUT2D eigenvalue weighted by Crippen LogP contribution is -2.64. The molecule has 1 N–H and O–H groups in total. The molecule has 3 rings (SSSR count). The molecule has 6 nitrogen and oxygen atoms in total. The summed E-state index contributed by atoms with van der Waals surface area (Å²) in [5.74, 6) is -2.01. The second-order valence-electron chi connectivity index (χ2n) is 9.02. The molecule has 1 aliphatic carbocycles. The number of ether oxygens (including phenoxy) is 1. The topological polar surface area (TPSA) is 71.5 Å². The standard InChI is InChI=1S/C23H28F2IN3O3/c1-23(2,3)32-22(31)28-19-13-18(26)21(30)29(11-9-15-6-4-5-10-27-15)20(19)16-12-14(24)7-8-17(16)25/h4-8,10,16,18-20H,9,11-13H2,1-3H3,(H,28,31)/t16?,18-,19?,20+/m0/s1. The lowest BCUT2D eigenvalue weighted by Gasteiger charge is -2.46. The fourth-order valence-corrected chi connectivity index (χ4v) is 5.01. The molecule has 0 saturated carbocycles. The molecule has 9 heteroatoms. The SMILES string of the molecule is CC(C)(C)OC(=O)NC1C[C@H](I)C(=O)N(CCc2ccccn2)[C@@H]1C1CC(F)=CC=C1F. The molecule has 0 aromatic carbocycles. The van der Waals surface area contributed by atoms with E-state index in [0.717, 1.165) is 17.8 Å². The number of alkyl carbamates (subject to hydrolysis) is 1. The van der Waals surface area contributed by atoms with Crippen molar-refractivity contribution in [1.82, 2.24) is 15.2 Å². The van der Waals surface area contributed by atoms with Gasteiger partial charge in [0.1, 0.15) is 17.3 Å². The van der Waals surface area contributed by atoms with Crippen LogP contribution in [0.15, 0.2) is 48.2 Å². The average Bonchev–Trinajstić information content (AvgIpc) is 2.71. The molecule has 1 aliphatic heterocycles. The number of hydrogen-bond donors (Lipinski definition) is 1. The molecule has 1 aromatic rings. The van der Waals surface area contributed by atoms with Crippen molar-refractivity contribution < 1.29 is 23.1 Å². The number of nitrogens with one attached hydrogen (secondary N) is 1. The largest absolute Gasteiger partial charge is 0.444 e. The quantitative estimate of drug-likeness (QED) is 0.422. The third-order valence-corrected chi connectivity index (χ3v) is 6.47. The summed E-state index contributed by atoms with van der Waals surface area (Å²) in [6.07, 6.45) is 3.82. The van der Waals surface area contributed by atoms with Crippen LogP contribution in [0.4, 0.5) is 13.6 Å². The highest BCUT2D eigenvalue weighted by Crippen LogP contribution is 2.38. The molecule has 32 heavy (non-hydrogen) atoms. The summed E-state index contributed by atoms with van der Waals surface area (Å²) in [7, 11) is 0. The highest BCUT2D eigenvalue weighted by atomic mass is 127. The van der Waals surface area contributed by atoms with Gasteiger partial charge in [-0.3, -0.25) is 9.78 Å². The normalized spacial score (nSPS) is 26.3. The van der Waals surface area contributed by atoms with E-state index in [2.05, 4.69) is 10.3 Å². The van der Waals surface area contributed by atoms with Crippen LogP contribution in [-0.4, -0.2) is 50.0 Å². The number of halogens is 3. The van der Waals surface area contributed by atoms with Gasteiger partial charge in [0, 0.05) is 37.2 Å². The first kappa shape index (κ1) is 24.6. The Morgan fingerprint density at radius 1 is 1.31 bits per heavy atom. The molecule has 2 aliphatic rings. The molecular weight excluding hydrogens is 531 g/mol. The molecule has 2 amide bonds. The number of piperidine rings is 1. The lowest BCUT2D eigenvalue weighted by molar-refractivity contribution is -0.138. The van der Waals surface area contributed by atoms with E-state index in [0.29, 0.717) is 12.8 Å². The number of pyridine rings is 1. The monoisotopic (exact) mass is 559 g/mol. The Kier molecular flexibility index (Phi) is 7.89. The van der Waals surface area contributed by atoms with Gasteiger partial charge in [-0.1, -0.05) is 28.7 Å². The first-order valence-electron chi connectivity index (χ1n) is 10.6. The van der Waals surface area contributed by atoms with E-state index in [4.69, 9.17) is 4.74 Å². The molecule has 4 atom stereocenters. The zero-order chi connectivity index (χ0) is 23.5. The summed E-state index contributed by atoms with van der Waals surface area (Å²) in [6.45, 7) is 5.52. The Morgan fingerprint density at radius 3 is 2.72 bits per heavy atom. The maximum absolute atomic E-state index is 14.9. The number of carbonyl (C=O) groups is 2. The first-order chi connectivity index (χ1) is 15.0. The number of nitrogens with zero attached hydrogens (tertiary/aromatic N) is 2. The van der Waals surface area contributed by atoms with E-state index in [1.807, 2.05) is 34.7 Å². The van der Waals surface area contributed by atoms with Gasteiger partial charge in [-0.05, 0) is 51.5 Å². The van der Waals surface area contributed by atoms with Gasteiger partial charge in [0.25, 0.3) is 0 Å². The van der Waals surface area contributed by atoms with E-state index >= 15 is 0 Å². The summed E-state index contributed by atoms with van der Waals surface area (Å²) in [5.41, 5.74) is 0.0779. The number of carbonyl (C=O) groups excluding carboxylic acids is 2. The third kappa shape index (κ3) is 6.26. The Labute approximate surface area is 200 Å². The van der Waals surface area contributed by atoms with Crippen LogP contribution in [0.5, 0.6) is 0 Å². The van der Waals surface area contributed by atoms with Gasteiger partial charge in [-0.25, -0.2) is 13.6 Å². The minimum Gasteiger partial charge on any atom is -0.444 e. The van der Waals surface area contributed by atoms with Crippen molar-refractivity contribution in [3.8, 4) is 0 Å². The van der Waals surface area contributed by atoms with Crippen LogP contribution in [0.25, 0.3) is 0 Å². The van der Waals surface area contributed by atoms with Crippen LogP contribution in [-0.2, 0) is 16.0 Å². The molecule has 1 aromatic heterocycles. The molecule has 2 unspecified atom stereocenters. The van der Waals surface area contributed by atoms with Crippen LogP contribution >= 0.6 is 22.6 Å². The highest BCUT2D eigenvalue weighted by Gasteiger charge is 2.47. The van der Waals surface area contributed by atoms with E-state index in [1.165, 1.54) is 0 Å². The average molecular weight is 559 g/mol. The van der Waals surface area contributed by atoms with Gasteiger partial charge in [-0.15, -0.1) is 0 Å². The predicted octanol–water partition coefficient (Wildman–Crippen LogP) is 4.65. The first-order valence-corrected chi connectivity index (χ1v) is 11.9. The molecule has 174 valence electrons. The number of alkyl halides is 1. The Bertz CT molecular complexity index is 901. The van der Waals surface area contributed by atoms with Crippen molar-refractivity contribution in [3.05, 3.63) is 53.9 Å². The summed E-state index contributed by atoms with van der Waals surface area (Å²) in [6, 6.07) is 4.17. The summed E-state index contributed by atoms with van der Waals surface area (Å²) in [4.78, 5) is 31.6. The highest BCUT2D eigenvalue weighted by molar-refractivity contribution is 14.1. The van der Waals surface area contributed by atoms with Crippen LogP contribution in [0.1, 0.15) is 39.3 Å². The van der Waals surface area contributed by atoms with Crippen molar-refractivity contribution >= 4 is 34.6 Å². The zero-order valence-corrected chi connectivity index (χ0v) is 20.5. The van der Waals surface area contributed by atoms with E-state index in [1.54, 1.807) is 37.9 Å². The smallest absolute Gasteiger partial charge is 0.407 e. The van der Waals surface area contributed by atoms with Crippen LogP contribution < -0.4 is 5.32 Å². The minimum atomic E-state index is -0.892. The maximum Gasteiger partial charge on any atom is 0.407 e. The molecule has 0 bridgehead atoms. The van der Waals surface area contributed by atoms with Crippen LogP contribution in [0.3, 0.4) is 0 Å². The number of hydrogen-bond acceptors (Lipinski definition) is 4. The Hall–Kier alpha value is -2.04. The summed E-state index contributed by atoms with van der Waals surface area (Å²) in [5, 5.41) is 2.83. The van der Waals surface area contributed by atoms with Gasteiger partial charge in [0.15, 0.2) is 0 Å². The van der Waals surface area contributed by atoms with Gasteiger partial charge in [0.2, 0.25) is 5.91 Å². The van der Waals surface area contributed by atoms with Gasteiger partial charge >= 0.3 is 6.09 Å². The fraction of sp³-hybridized carbons (Fsp3) is 0.522. The fourth-order valence-electron chi connectivity index (χ4n) is 4.10. The molecule has 1 saturated heterocycles. The van der Waals surface area contributed by atoms with E-state index < -0.39 is 45.3 Å². The minimum absolute atomic E-state index is 0.156. The maximum atomic E-state index is 14.9.